The van der Waals surface area contributed by atoms with Crippen LogP contribution in [0.4, 0.5) is 0 Å². The van der Waals surface area contributed by atoms with Crippen LogP contribution in [-0.2, 0) is 9.59 Å². The lowest BCUT2D eigenvalue weighted by Gasteiger charge is -2.27. The molecule has 1 aliphatic rings. The molecule has 0 spiro atoms. The normalized spacial score (nSPS) is 20.1. The molecule has 0 aromatic heterocycles. The fourth-order valence-electron chi connectivity index (χ4n) is 2.81. The number of carbonyl (C=O) groups is 2. The van der Waals surface area contributed by atoms with Crippen LogP contribution in [-0.4, -0.2) is 23.0 Å². The van der Waals surface area contributed by atoms with Gasteiger partial charge in [0.1, 0.15) is 0 Å². The molecule has 0 saturated heterocycles. The second-order valence-corrected chi connectivity index (χ2v) is 5.65. The highest BCUT2D eigenvalue weighted by molar-refractivity contribution is 5.77. The molecule has 4 nitrogen and oxygen atoms in total. The van der Waals surface area contributed by atoms with Crippen molar-refractivity contribution in [1.82, 2.24) is 5.32 Å². The van der Waals surface area contributed by atoms with E-state index in [1.807, 2.05) is 0 Å². The van der Waals surface area contributed by atoms with Crippen molar-refractivity contribution in [2.75, 3.05) is 0 Å². The number of hydrogen-bond donors (Lipinski definition) is 2. The van der Waals surface area contributed by atoms with E-state index in [4.69, 9.17) is 5.11 Å². The highest BCUT2D eigenvalue weighted by Gasteiger charge is 2.22. The maximum atomic E-state index is 11.8. The van der Waals surface area contributed by atoms with Crippen molar-refractivity contribution in [1.29, 1.82) is 0 Å². The zero-order chi connectivity index (χ0) is 13.5. The Hall–Kier alpha value is -1.06. The Morgan fingerprint density at radius 1 is 1.17 bits per heavy atom. The smallest absolute Gasteiger partial charge is 0.305 e. The molecule has 2 N–H and O–H groups in total. The average Bonchev–Trinajstić information content (AvgIpc) is 2.28. The Kier molecular flexibility index (Phi) is 6.16. The lowest BCUT2D eigenvalue weighted by atomic mass is 9.79. The van der Waals surface area contributed by atoms with Gasteiger partial charge in [-0.25, -0.2) is 0 Å². The number of nitrogens with one attached hydrogen (secondary N) is 1. The standard InChI is InChI=1S/C14H25NO3/c1-10(12-6-4-3-5-7-12)8-13(16)15-11(2)9-14(17)18/h10-12H,3-9H2,1-2H3,(H,15,16)(H,17,18). The van der Waals surface area contributed by atoms with Gasteiger partial charge in [-0.1, -0.05) is 39.0 Å². The predicted octanol–water partition coefficient (Wildman–Crippen LogP) is 2.57. The van der Waals surface area contributed by atoms with Gasteiger partial charge < -0.3 is 10.4 Å². The molecule has 1 amide bonds. The first kappa shape index (κ1) is 15.0. The molecule has 2 atom stereocenters. The summed E-state index contributed by atoms with van der Waals surface area (Å²) in [6.45, 7) is 3.87. The van der Waals surface area contributed by atoms with Crippen LogP contribution < -0.4 is 5.32 Å². The molecule has 1 rings (SSSR count). The van der Waals surface area contributed by atoms with Crippen molar-refractivity contribution in [3.8, 4) is 0 Å². The molecule has 1 aliphatic carbocycles. The van der Waals surface area contributed by atoms with Gasteiger partial charge in [-0.3, -0.25) is 9.59 Å². The third-order valence-corrected chi connectivity index (χ3v) is 3.85. The van der Waals surface area contributed by atoms with Gasteiger partial charge in [0.15, 0.2) is 0 Å². The number of rotatable bonds is 6. The summed E-state index contributed by atoms with van der Waals surface area (Å²) in [4.78, 5) is 22.3. The highest BCUT2D eigenvalue weighted by Crippen LogP contribution is 2.31. The summed E-state index contributed by atoms with van der Waals surface area (Å²) in [5.74, 6) is 0.187. The number of carboxylic acids is 1. The zero-order valence-electron chi connectivity index (χ0n) is 11.4. The molecule has 2 unspecified atom stereocenters. The van der Waals surface area contributed by atoms with E-state index in [-0.39, 0.29) is 18.4 Å². The van der Waals surface area contributed by atoms with Crippen LogP contribution in [0, 0.1) is 11.8 Å². The quantitative estimate of drug-likeness (QED) is 0.766. The SMILES string of the molecule is CC(CC(=O)O)NC(=O)CC(C)C1CCCCC1. The van der Waals surface area contributed by atoms with Crippen LogP contribution in [0.5, 0.6) is 0 Å². The van der Waals surface area contributed by atoms with Crippen LogP contribution in [0.15, 0.2) is 0 Å². The van der Waals surface area contributed by atoms with E-state index in [0.717, 1.165) is 0 Å². The first-order valence-corrected chi connectivity index (χ1v) is 7.00. The first-order chi connectivity index (χ1) is 8.49. The van der Waals surface area contributed by atoms with E-state index >= 15 is 0 Å². The van der Waals surface area contributed by atoms with Gasteiger partial charge >= 0.3 is 5.97 Å². The molecule has 0 aliphatic heterocycles. The number of carboxylic acid groups (broad SMARTS) is 1. The Labute approximate surface area is 109 Å². The van der Waals surface area contributed by atoms with E-state index in [0.29, 0.717) is 18.3 Å². The van der Waals surface area contributed by atoms with E-state index in [2.05, 4.69) is 12.2 Å². The largest absolute Gasteiger partial charge is 0.481 e. The second-order valence-electron chi connectivity index (χ2n) is 5.65. The number of carbonyl (C=O) groups excluding carboxylic acids is 1. The lowest BCUT2D eigenvalue weighted by molar-refractivity contribution is -0.137. The van der Waals surface area contributed by atoms with Gasteiger partial charge in [0.2, 0.25) is 5.91 Å². The van der Waals surface area contributed by atoms with E-state index in [1.54, 1.807) is 6.92 Å². The third kappa shape index (κ3) is 5.52. The van der Waals surface area contributed by atoms with E-state index < -0.39 is 5.97 Å². The average molecular weight is 255 g/mol. The third-order valence-electron chi connectivity index (χ3n) is 3.85. The predicted molar refractivity (Wildman–Crippen MR) is 70.2 cm³/mol. The zero-order valence-corrected chi connectivity index (χ0v) is 11.4. The molecular weight excluding hydrogens is 230 g/mol. The summed E-state index contributed by atoms with van der Waals surface area (Å²) in [7, 11) is 0. The minimum Gasteiger partial charge on any atom is -0.481 e. The van der Waals surface area contributed by atoms with E-state index in [1.165, 1.54) is 32.1 Å². The van der Waals surface area contributed by atoms with Crippen molar-refractivity contribution in [2.24, 2.45) is 11.8 Å². The van der Waals surface area contributed by atoms with Crippen LogP contribution in [0.25, 0.3) is 0 Å². The summed E-state index contributed by atoms with van der Waals surface area (Å²) < 4.78 is 0. The van der Waals surface area contributed by atoms with Gasteiger partial charge in [-0.05, 0) is 18.8 Å². The number of aliphatic carboxylic acids is 1. The molecule has 0 bridgehead atoms. The minimum atomic E-state index is -0.872. The molecular formula is C14H25NO3. The molecule has 1 saturated carbocycles. The molecule has 104 valence electrons. The van der Waals surface area contributed by atoms with Crippen molar-refractivity contribution in [3.63, 3.8) is 0 Å². The van der Waals surface area contributed by atoms with Crippen LogP contribution in [0.3, 0.4) is 0 Å². The van der Waals surface area contributed by atoms with Crippen molar-refractivity contribution < 1.29 is 14.7 Å². The molecule has 0 aromatic rings. The maximum Gasteiger partial charge on any atom is 0.305 e. The fourth-order valence-corrected chi connectivity index (χ4v) is 2.81. The Morgan fingerprint density at radius 3 is 2.33 bits per heavy atom. The molecule has 0 aromatic carbocycles. The lowest BCUT2D eigenvalue weighted by Crippen LogP contribution is -2.35. The van der Waals surface area contributed by atoms with Gasteiger partial charge in [0.25, 0.3) is 0 Å². The van der Waals surface area contributed by atoms with Crippen LogP contribution in [0.1, 0.15) is 58.8 Å². The summed E-state index contributed by atoms with van der Waals surface area (Å²) >= 11 is 0. The Bertz CT molecular complexity index is 285. The Morgan fingerprint density at radius 2 is 1.78 bits per heavy atom. The van der Waals surface area contributed by atoms with Gasteiger partial charge in [-0.15, -0.1) is 0 Å². The summed E-state index contributed by atoms with van der Waals surface area (Å²) in [5, 5.41) is 11.4. The summed E-state index contributed by atoms with van der Waals surface area (Å²) in [6, 6.07) is -0.284. The van der Waals surface area contributed by atoms with Crippen molar-refractivity contribution in [2.45, 2.75) is 64.8 Å². The Balaban J connectivity index is 2.27. The fraction of sp³-hybridized carbons (Fsp3) is 0.857. The second kappa shape index (κ2) is 7.39. The van der Waals surface area contributed by atoms with Gasteiger partial charge in [0.05, 0.1) is 6.42 Å². The molecule has 18 heavy (non-hydrogen) atoms. The topological polar surface area (TPSA) is 66.4 Å². The van der Waals surface area contributed by atoms with Crippen LogP contribution in [0.2, 0.25) is 0 Å². The van der Waals surface area contributed by atoms with Crippen LogP contribution >= 0.6 is 0 Å². The molecule has 1 fully saturated rings. The molecule has 4 heteroatoms. The van der Waals surface area contributed by atoms with Crippen molar-refractivity contribution in [3.05, 3.63) is 0 Å². The van der Waals surface area contributed by atoms with Gasteiger partial charge in [-0.2, -0.15) is 0 Å². The van der Waals surface area contributed by atoms with Crippen molar-refractivity contribution >= 4 is 11.9 Å². The first-order valence-electron chi connectivity index (χ1n) is 7.00. The monoisotopic (exact) mass is 255 g/mol. The molecule has 0 radical (unpaired) electrons. The number of amides is 1. The van der Waals surface area contributed by atoms with E-state index in [9.17, 15) is 9.59 Å². The molecule has 0 heterocycles. The van der Waals surface area contributed by atoms with Gasteiger partial charge in [0, 0.05) is 12.5 Å². The minimum absolute atomic E-state index is 0.0104. The maximum absolute atomic E-state index is 11.8. The summed E-state index contributed by atoms with van der Waals surface area (Å²) in [5.41, 5.74) is 0. The number of hydrogen-bond acceptors (Lipinski definition) is 2. The summed E-state index contributed by atoms with van der Waals surface area (Å²) in [6.07, 6.45) is 6.87. The highest BCUT2D eigenvalue weighted by atomic mass is 16.4.